The highest BCUT2D eigenvalue weighted by molar-refractivity contribution is 5.72. The van der Waals surface area contributed by atoms with Crippen molar-refractivity contribution in [2.24, 2.45) is 0 Å². The predicted octanol–water partition coefficient (Wildman–Crippen LogP) is 5.38. The molecule has 0 amide bonds. The second-order valence-corrected chi connectivity index (χ2v) is 8.33. The van der Waals surface area contributed by atoms with E-state index in [1.54, 1.807) is 18.2 Å². The summed E-state index contributed by atoms with van der Waals surface area (Å²) >= 11 is 0. The standard InChI is InChI=1S/C28H26N4O2/c1-19-30-25(22-7-5-4-6-8-22)16-28(31-19)34-27-15-20(17-29)9-14-24(27)21-10-12-23(13-11-21)26(33)18-32(2)3/h4-16,26,33H,18H2,1-3H3. The Hall–Kier alpha value is -4.05. The van der Waals surface area contributed by atoms with Gasteiger partial charge in [-0.3, -0.25) is 0 Å². The van der Waals surface area contributed by atoms with Gasteiger partial charge in [0, 0.05) is 23.7 Å². The molecular formula is C28H26N4O2. The zero-order valence-electron chi connectivity index (χ0n) is 19.4. The summed E-state index contributed by atoms with van der Waals surface area (Å²) in [7, 11) is 3.85. The van der Waals surface area contributed by atoms with E-state index in [0.29, 0.717) is 29.6 Å². The van der Waals surface area contributed by atoms with Crippen LogP contribution < -0.4 is 4.74 Å². The number of benzene rings is 3. The molecule has 0 saturated heterocycles. The molecule has 0 aliphatic carbocycles. The van der Waals surface area contributed by atoms with Crippen LogP contribution in [0.3, 0.4) is 0 Å². The Balaban J connectivity index is 1.69. The summed E-state index contributed by atoms with van der Waals surface area (Å²) in [6.45, 7) is 2.37. The van der Waals surface area contributed by atoms with Gasteiger partial charge in [0.1, 0.15) is 11.6 Å². The minimum Gasteiger partial charge on any atom is -0.438 e. The molecule has 0 spiro atoms. The molecule has 1 unspecified atom stereocenters. The quantitative estimate of drug-likeness (QED) is 0.407. The molecule has 6 nitrogen and oxygen atoms in total. The largest absolute Gasteiger partial charge is 0.438 e. The Kier molecular flexibility index (Phi) is 6.98. The first kappa shape index (κ1) is 23.1. The lowest BCUT2D eigenvalue weighted by Crippen LogP contribution is -2.19. The van der Waals surface area contributed by atoms with Crippen molar-refractivity contribution in [2.45, 2.75) is 13.0 Å². The number of aryl methyl sites for hydroxylation is 1. The lowest BCUT2D eigenvalue weighted by Gasteiger charge is -2.17. The summed E-state index contributed by atoms with van der Waals surface area (Å²) in [5.74, 6) is 1.52. The van der Waals surface area contributed by atoms with Crippen LogP contribution in [-0.2, 0) is 0 Å². The molecule has 34 heavy (non-hydrogen) atoms. The second kappa shape index (κ2) is 10.3. The van der Waals surface area contributed by atoms with Gasteiger partial charge in [-0.1, -0.05) is 54.6 Å². The number of likely N-dealkylation sites (N-methyl/N-ethyl adjacent to an activating group) is 1. The van der Waals surface area contributed by atoms with Crippen LogP contribution in [0.4, 0.5) is 0 Å². The van der Waals surface area contributed by atoms with Crippen molar-refractivity contribution in [3.63, 3.8) is 0 Å². The van der Waals surface area contributed by atoms with Gasteiger partial charge in [-0.15, -0.1) is 0 Å². The number of aliphatic hydroxyl groups is 1. The summed E-state index contributed by atoms with van der Waals surface area (Å²) in [5, 5.41) is 19.8. The van der Waals surface area contributed by atoms with Crippen molar-refractivity contribution >= 4 is 0 Å². The fourth-order valence-electron chi connectivity index (χ4n) is 3.71. The van der Waals surface area contributed by atoms with Crippen LogP contribution in [0.25, 0.3) is 22.4 Å². The maximum atomic E-state index is 10.4. The third kappa shape index (κ3) is 5.46. The Morgan fingerprint density at radius 1 is 0.941 bits per heavy atom. The third-order valence-electron chi connectivity index (χ3n) is 5.35. The van der Waals surface area contributed by atoms with Crippen LogP contribution in [0.15, 0.2) is 78.9 Å². The monoisotopic (exact) mass is 450 g/mol. The van der Waals surface area contributed by atoms with Crippen molar-refractivity contribution < 1.29 is 9.84 Å². The summed E-state index contributed by atoms with van der Waals surface area (Å²) in [4.78, 5) is 10.9. The van der Waals surface area contributed by atoms with E-state index in [9.17, 15) is 10.4 Å². The van der Waals surface area contributed by atoms with Crippen LogP contribution in [0.1, 0.15) is 23.1 Å². The van der Waals surface area contributed by atoms with Crippen molar-refractivity contribution in [2.75, 3.05) is 20.6 Å². The van der Waals surface area contributed by atoms with Crippen LogP contribution in [0.2, 0.25) is 0 Å². The molecule has 1 aromatic heterocycles. The average Bonchev–Trinajstić information content (AvgIpc) is 2.84. The van der Waals surface area contributed by atoms with Gasteiger partial charge in [-0.05, 0) is 50.3 Å². The van der Waals surface area contributed by atoms with E-state index in [4.69, 9.17) is 4.74 Å². The first-order valence-corrected chi connectivity index (χ1v) is 11.0. The number of hydrogen-bond acceptors (Lipinski definition) is 6. The normalized spacial score (nSPS) is 11.8. The molecule has 6 heteroatoms. The summed E-state index contributed by atoms with van der Waals surface area (Å²) in [6.07, 6.45) is -0.568. The van der Waals surface area contributed by atoms with E-state index in [1.807, 2.05) is 86.6 Å². The first-order valence-electron chi connectivity index (χ1n) is 11.0. The maximum absolute atomic E-state index is 10.4. The number of rotatable bonds is 7. The number of aromatic nitrogens is 2. The number of hydrogen-bond donors (Lipinski definition) is 1. The van der Waals surface area contributed by atoms with Gasteiger partial charge in [0.15, 0.2) is 0 Å². The minimum atomic E-state index is -0.568. The van der Waals surface area contributed by atoms with Crippen LogP contribution in [-0.4, -0.2) is 40.6 Å². The van der Waals surface area contributed by atoms with E-state index in [1.165, 1.54) is 0 Å². The third-order valence-corrected chi connectivity index (χ3v) is 5.35. The van der Waals surface area contributed by atoms with Crippen LogP contribution in [0.5, 0.6) is 11.6 Å². The van der Waals surface area contributed by atoms with Gasteiger partial charge >= 0.3 is 0 Å². The predicted molar refractivity (Wildman–Crippen MR) is 132 cm³/mol. The molecule has 4 aromatic rings. The highest BCUT2D eigenvalue weighted by atomic mass is 16.5. The lowest BCUT2D eigenvalue weighted by atomic mass is 10.00. The van der Waals surface area contributed by atoms with Gasteiger partial charge in [0.25, 0.3) is 0 Å². The molecule has 1 atom stereocenters. The maximum Gasteiger partial charge on any atom is 0.223 e. The molecule has 3 aromatic carbocycles. The zero-order valence-corrected chi connectivity index (χ0v) is 19.4. The Morgan fingerprint density at radius 3 is 2.35 bits per heavy atom. The van der Waals surface area contributed by atoms with Crippen molar-refractivity contribution in [3.05, 3.63) is 95.8 Å². The average molecular weight is 451 g/mol. The molecule has 0 bridgehead atoms. The van der Waals surface area contributed by atoms with E-state index in [0.717, 1.165) is 27.9 Å². The molecule has 4 rings (SSSR count). The summed E-state index contributed by atoms with van der Waals surface area (Å²) in [6, 6.07) is 26.9. The van der Waals surface area contributed by atoms with E-state index in [2.05, 4.69) is 16.0 Å². The van der Waals surface area contributed by atoms with Gasteiger partial charge in [-0.25, -0.2) is 4.98 Å². The number of aliphatic hydroxyl groups excluding tert-OH is 1. The van der Waals surface area contributed by atoms with E-state index >= 15 is 0 Å². The highest BCUT2D eigenvalue weighted by Gasteiger charge is 2.14. The molecule has 1 heterocycles. The number of nitriles is 1. The first-order chi connectivity index (χ1) is 16.4. The minimum absolute atomic E-state index is 0.403. The van der Waals surface area contributed by atoms with E-state index < -0.39 is 6.10 Å². The Labute approximate surface area is 199 Å². The molecule has 0 aliphatic heterocycles. The van der Waals surface area contributed by atoms with Gasteiger partial charge in [0.05, 0.1) is 23.4 Å². The molecule has 170 valence electrons. The fourth-order valence-corrected chi connectivity index (χ4v) is 3.71. The Morgan fingerprint density at radius 2 is 1.68 bits per heavy atom. The SMILES string of the molecule is Cc1nc(Oc2cc(C#N)ccc2-c2ccc(C(O)CN(C)C)cc2)cc(-c2ccccc2)n1. The Bertz CT molecular complexity index is 1310. The second-order valence-electron chi connectivity index (χ2n) is 8.33. The fraction of sp³-hybridized carbons (Fsp3) is 0.179. The smallest absolute Gasteiger partial charge is 0.223 e. The van der Waals surface area contributed by atoms with Gasteiger partial charge < -0.3 is 14.7 Å². The van der Waals surface area contributed by atoms with Crippen molar-refractivity contribution in [1.29, 1.82) is 5.26 Å². The van der Waals surface area contributed by atoms with Gasteiger partial charge in [0.2, 0.25) is 5.88 Å². The molecule has 0 saturated carbocycles. The summed E-state index contributed by atoms with van der Waals surface area (Å²) in [5.41, 5.74) is 4.80. The molecular weight excluding hydrogens is 424 g/mol. The van der Waals surface area contributed by atoms with E-state index in [-0.39, 0.29) is 0 Å². The van der Waals surface area contributed by atoms with Crippen LogP contribution in [0, 0.1) is 18.3 Å². The van der Waals surface area contributed by atoms with Crippen LogP contribution >= 0.6 is 0 Å². The van der Waals surface area contributed by atoms with Crippen molar-refractivity contribution in [1.82, 2.24) is 14.9 Å². The molecule has 0 fully saturated rings. The number of ether oxygens (including phenoxy) is 1. The highest BCUT2D eigenvalue weighted by Crippen LogP contribution is 2.35. The molecule has 1 N–H and O–H groups in total. The summed E-state index contributed by atoms with van der Waals surface area (Å²) < 4.78 is 6.22. The molecule has 0 radical (unpaired) electrons. The van der Waals surface area contributed by atoms with Gasteiger partial charge in [-0.2, -0.15) is 10.2 Å². The number of nitrogens with zero attached hydrogens (tertiary/aromatic N) is 4. The molecule has 0 aliphatic rings. The zero-order chi connectivity index (χ0) is 24.1. The lowest BCUT2D eigenvalue weighted by molar-refractivity contribution is 0.138. The topological polar surface area (TPSA) is 82.3 Å². The van der Waals surface area contributed by atoms with Crippen molar-refractivity contribution in [3.8, 4) is 40.1 Å².